The van der Waals surface area contributed by atoms with E-state index in [2.05, 4.69) is 0 Å². The van der Waals surface area contributed by atoms with Crippen molar-refractivity contribution in [2.24, 2.45) is 0 Å². The zero-order valence-electron chi connectivity index (χ0n) is 12.7. The van der Waals surface area contributed by atoms with E-state index in [1.165, 1.54) is 12.1 Å². The maximum absolute atomic E-state index is 13.9. The quantitative estimate of drug-likeness (QED) is 0.793. The first-order valence-electron chi connectivity index (χ1n) is 7.60. The van der Waals surface area contributed by atoms with Gasteiger partial charge in [0.2, 0.25) is 5.91 Å². The second kappa shape index (κ2) is 7.51. The van der Waals surface area contributed by atoms with E-state index in [4.69, 9.17) is 4.42 Å². The molecule has 0 bridgehead atoms. The molecule has 1 unspecified atom stereocenters. The van der Waals surface area contributed by atoms with Gasteiger partial charge >= 0.3 is 0 Å². The number of carbonyl (C=O) groups is 1. The average Bonchev–Trinajstić information content (AvgIpc) is 2.96. The number of thioether (sulfide) groups is 1. The lowest BCUT2D eigenvalue weighted by molar-refractivity contribution is -0.125. The van der Waals surface area contributed by atoms with Gasteiger partial charge in [-0.1, -0.05) is 18.2 Å². The van der Waals surface area contributed by atoms with Gasteiger partial charge in [0.15, 0.2) is 0 Å². The molecule has 0 N–H and O–H groups in total. The molecule has 1 fully saturated rings. The van der Waals surface area contributed by atoms with Gasteiger partial charge in [0.25, 0.3) is 0 Å². The molecule has 2 heterocycles. The Bertz CT molecular complexity index is 684. The van der Waals surface area contributed by atoms with Gasteiger partial charge < -0.3 is 9.32 Å². The highest BCUT2D eigenvalue weighted by Gasteiger charge is 2.22. The molecule has 2 aromatic rings. The number of halogens is 1. The van der Waals surface area contributed by atoms with Crippen molar-refractivity contribution in [2.75, 3.05) is 18.8 Å². The fourth-order valence-electron chi connectivity index (χ4n) is 2.62. The van der Waals surface area contributed by atoms with Gasteiger partial charge in [-0.3, -0.25) is 4.79 Å². The first-order chi connectivity index (χ1) is 11.2. The molecule has 23 heavy (non-hydrogen) atoms. The first kappa shape index (κ1) is 15.9. The van der Waals surface area contributed by atoms with Gasteiger partial charge in [-0.25, -0.2) is 4.39 Å². The number of hydrogen-bond donors (Lipinski definition) is 0. The van der Waals surface area contributed by atoms with E-state index in [0.29, 0.717) is 18.8 Å². The SMILES string of the molecule is O=C(/C=C/c1ccco1)N1CCSC(c2ccccc2F)CC1. The lowest BCUT2D eigenvalue weighted by atomic mass is 10.1. The third kappa shape index (κ3) is 4.05. The minimum Gasteiger partial charge on any atom is -0.465 e. The van der Waals surface area contributed by atoms with Crippen LogP contribution in [0.25, 0.3) is 6.08 Å². The monoisotopic (exact) mass is 331 g/mol. The molecule has 0 spiro atoms. The molecule has 0 saturated carbocycles. The molecule has 1 aromatic carbocycles. The standard InChI is InChI=1S/C18H18FNO2S/c19-16-6-2-1-5-15(16)17-9-10-20(11-13-23-17)18(21)8-7-14-4-3-12-22-14/h1-8,12,17H,9-11,13H2/b8-7+. The zero-order chi connectivity index (χ0) is 16.1. The van der Waals surface area contributed by atoms with E-state index >= 15 is 0 Å². The van der Waals surface area contributed by atoms with Gasteiger partial charge in [0.1, 0.15) is 11.6 Å². The lowest BCUT2D eigenvalue weighted by Gasteiger charge is -2.18. The van der Waals surface area contributed by atoms with Crippen LogP contribution in [0.3, 0.4) is 0 Å². The van der Waals surface area contributed by atoms with Crippen molar-refractivity contribution in [3.63, 3.8) is 0 Å². The Kier molecular flexibility index (Phi) is 5.18. The van der Waals surface area contributed by atoms with E-state index in [1.54, 1.807) is 42.3 Å². The van der Waals surface area contributed by atoms with Gasteiger partial charge in [-0.15, -0.1) is 0 Å². The van der Waals surface area contributed by atoms with Crippen LogP contribution in [-0.4, -0.2) is 29.6 Å². The number of nitrogens with zero attached hydrogens (tertiary/aromatic N) is 1. The summed E-state index contributed by atoms with van der Waals surface area (Å²) in [4.78, 5) is 14.1. The minimum atomic E-state index is -0.164. The molecule has 1 aliphatic rings. The second-order valence-electron chi connectivity index (χ2n) is 5.34. The summed E-state index contributed by atoms with van der Waals surface area (Å²) in [7, 11) is 0. The summed E-state index contributed by atoms with van der Waals surface area (Å²) in [6.07, 6.45) is 5.54. The second-order valence-corrected chi connectivity index (χ2v) is 6.65. The minimum absolute atomic E-state index is 0.0313. The Morgan fingerprint density at radius 2 is 2.13 bits per heavy atom. The summed E-state index contributed by atoms with van der Waals surface area (Å²) < 4.78 is 19.1. The van der Waals surface area contributed by atoms with Crippen molar-refractivity contribution in [1.82, 2.24) is 4.90 Å². The van der Waals surface area contributed by atoms with E-state index in [0.717, 1.165) is 17.7 Å². The molecule has 3 nitrogen and oxygen atoms in total. The number of furan rings is 1. The number of benzene rings is 1. The van der Waals surface area contributed by atoms with Gasteiger partial charge in [0.05, 0.1) is 6.26 Å². The van der Waals surface area contributed by atoms with Crippen LogP contribution in [-0.2, 0) is 4.79 Å². The molecule has 0 radical (unpaired) electrons. The lowest BCUT2D eigenvalue weighted by Crippen LogP contribution is -2.31. The maximum Gasteiger partial charge on any atom is 0.246 e. The molecular formula is C18H18FNO2S. The van der Waals surface area contributed by atoms with Gasteiger partial charge in [-0.05, 0) is 30.7 Å². The third-order valence-electron chi connectivity index (χ3n) is 3.84. The summed E-state index contributed by atoms with van der Waals surface area (Å²) in [6.45, 7) is 1.31. The van der Waals surface area contributed by atoms with Crippen molar-refractivity contribution in [3.05, 3.63) is 65.9 Å². The fourth-order valence-corrected chi connectivity index (χ4v) is 3.87. The van der Waals surface area contributed by atoms with E-state index in [9.17, 15) is 9.18 Å². The van der Waals surface area contributed by atoms with Crippen LogP contribution in [0.5, 0.6) is 0 Å². The predicted octanol–water partition coefficient (Wildman–Crippen LogP) is 4.14. The molecule has 1 amide bonds. The van der Waals surface area contributed by atoms with Crippen LogP contribution < -0.4 is 0 Å². The highest BCUT2D eigenvalue weighted by molar-refractivity contribution is 7.99. The number of rotatable bonds is 3. The third-order valence-corrected chi connectivity index (χ3v) is 5.15. The Balaban J connectivity index is 1.62. The van der Waals surface area contributed by atoms with Crippen molar-refractivity contribution < 1.29 is 13.6 Å². The zero-order valence-corrected chi connectivity index (χ0v) is 13.5. The van der Waals surface area contributed by atoms with Crippen molar-refractivity contribution in [3.8, 4) is 0 Å². The van der Waals surface area contributed by atoms with Crippen molar-refractivity contribution >= 4 is 23.7 Å². The Morgan fingerprint density at radius 3 is 2.91 bits per heavy atom. The number of amides is 1. The predicted molar refractivity (Wildman–Crippen MR) is 90.5 cm³/mol. The molecule has 1 saturated heterocycles. The van der Waals surface area contributed by atoms with Crippen LogP contribution >= 0.6 is 11.8 Å². The summed E-state index contributed by atoms with van der Waals surface area (Å²) in [6, 6.07) is 10.5. The molecule has 5 heteroatoms. The highest BCUT2D eigenvalue weighted by Crippen LogP contribution is 2.35. The van der Waals surface area contributed by atoms with E-state index in [-0.39, 0.29) is 17.0 Å². The number of hydrogen-bond acceptors (Lipinski definition) is 3. The summed E-state index contributed by atoms with van der Waals surface area (Å²) in [5, 5.41) is 0.100. The largest absolute Gasteiger partial charge is 0.465 e. The first-order valence-corrected chi connectivity index (χ1v) is 8.65. The van der Waals surface area contributed by atoms with Crippen LogP contribution in [0.1, 0.15) is 23.0 Å². The molecule has 120 valence electrons. The van der Waals surface area contributed by atoms with E-state index in [1.807, 2.05) is 17.0 Å². The maximum atomic E-state index is 13.9. The van der Waals surface area contributed by atoms with Crippen LogP contribution in [0.2, 0.25) is 0 Å². The Labute approximate surface area is 139 Å². The summed E-state index contributed by atoms with van der Waals surface area (Å²) in [5.74, 6) is 1.27. The van der Waals surface area contributed by atoms with Gasteiger partial charge in [0, 0.05) is 35.7 Å². The molecular weight excluding hydrogens is 313 g/mol. The topological polar surface area (TPSA) is 33.5 Å². The van der Waals surface area contributed by atoms with Crippen molar-refractivity contribution in [1.29, 1.82) is 0 Å². The molecule has 1 aliphatic heterocycles. The van der Waals surface area contributed by atoms with Crippen LogP contribution in [0, 0.1) is 5.82 Å². The van der Waals surface area contributed by atoms with Crippen LogP contribution in [0.4, 0.5) is 4.39 Å². The average molecular weight is 331 g/mol. The summed E-state index contributed by atoms with van der Waals surface area (Å²) >= 11 is 1.71. The normalized spacial score (nSPS) is 19.0. The molecule has 1 atom stereocenters. The molecule has 3 rings (SSSR count). The molecule has 1 aromatic heterocycles. The fraction of sp³-hybridized carbons (Fsp3) is 0.278. The molecule has 0 aliphatic carbocycles. The smallest absolute Gasteiger partial charge is 0.246 e. The van der Waals surface area contributed by atoms with E-state index < -0.39 is 0 Å². The number of carbonyl (C=O) groups excluding carboxylic acids is 1. The highest BCUT2D eigenvalue weighted by atomic mass is 32.2. The van der Waals surface area contributed by atoms with Gasteiger partial charge in [-0.2, -0.15) is 11.8 Å². The Morgan fingerprint density at radius 1 is 1.26 bits per heavy atom. The van der Waals surface area contributed by atoms with Crippen LogP contribution in [0.15, 0.2) is 53.2 Å². The summed E-state index contributed by atoms with van der Waals surface area (Å²) in [5.41, 5.74) is 0.734. The van der Waals surface area contributed by atoms with Crippen molar-refractivity contribution in [2.45, 2.75) is 11.7 Å². The Hall–Kier alpha value is -2.01.